The fourth-order valence-corrected chi connectivity index (χ4v) is 1.88. The van der Waals surface area contributed by atoms with Crippen LogP contribution in [0, 0.1) is 17.2 Å². The van der Waals surface area contributed by atoms with Crippen molar-refractivity contribution >= 4 is 16.7 Å². The maximum Gasteiger partial charge on any atom is 0.237 e. The predicted octanol–water partition coefficient (Wildman–Crippen LogP) is 0.864. The second-order valence-corrected chi connectivity index (χ2v) is 5.49. The first-order valence-electron chi connectivity index (χ1n) is 5.64. The van der Waals surface area contributed by atoms with Crippen LogP contribution in [0.1, 0.15) is 5.56 Å². The standard InChI is InChI=1S/C13H16N2O2S/c1-18(17)8-7-15-13(16)12(10-14)9-11-5-3-2-4-6-11/h2-6,12H,7-9H2,1H3,(H,15,16). The van der Waals surface area contributed by atoms with Crippen LogP contribution in [0.5, 0.6) is 0 Å². The minimum absolute atomic E-state index is 0.299. The second-order valence-electron chi connectivity index (χ2n) is 3.94. The molecule has 18 heavy (non-hydrogen) atoms. The Morgan fingerprint density at radius 2 is 2.11 bits per heavy atom. The molecule has 0 spiro atoms. The molecule has 2 atom stereocenters. The molecule has 1 N–H and O–H groups in total. The molecular weight excluding hydrogens is 248 g/mol. The number of carbonyl (C=O) groups is 1. The van der Waals surface area contributed by atoms with Crippen molar-refractivity contribution in [1.82, 2.24) is 5.32 Å². The van der Waals surface area contributed by atoms with Crippen molar-refractivity contribution in [3.05, 3.63) is 35.9 Å². The van der Waals surface area contributed by atoms with Gasteiger partial charge in [0.05, 0.1) is 6.07 Å². The van der Waals surface area contributed by atoms with E-state index in [9.17, 15) is 9.00 Å². The van der Waals surface area contributed by atoms with Gasteiger partial charge in [0.1, 0.15) is 5.92 Å². The van der Waals surface area contributed by atoms with E-state index in [0.29, 0.717) is 18.7 Å². The van der Waals surface area contributed by atoms with Gasteiger partial charge in [-0.15, -0.1) is 0 Å². The van der Waals surface area contributed by atoms with Gasteiger partial charge in [-0.05, 0) is 12.0 Å². The highest BCUT2D eigenvalue weighted by Gasteiger charge is 2.17. The summed E-state index contributed by atoms with van der Waals surface area (Å²) in [6.45, 7) is 0.342. The van der Waals surface area contributed by atoms with E-state index in [1.54, 1.807) is 6.26 Å². The highest BCUT2D eigenvalue weighted by Crippen LogP contribution is 2.08. The number of hydrogen-bond acceptors (Lipinski definition) is 3. The number of nitriles is 1. The summed E-state index contributed by atoms with van der Waals surface area (Å²) in [5.41, 5.74) is 0.957. The molecule has 1 amide bonds. The lowest BCUT2D eigenvalue weighted by atomic mass is 10.00. The third-order valence-corrected chi connectivity index (χ3v) is 3.22. The zero-order chi connectivity index (χ0) is 13.4. The Bertz CT molecular complexity index is 454. The zero-order valence-electron chi connectivity index (χ0n) is 10.3. The molecule has 0 saturated heterocycles. The lowest BCUT2D eigenvalue weighted by Gasteiger charge is -2.09. The number of nitrogens with one attached hydrogen (secondary N) is 1. The van der Waals surface area contributed by atoms with Gasteiger partial charge in [-0.2, -0.15) is 5.26 Å². The Hall–Kier alpha value is -1.67. The Balaban J connectivity index is 2.49. The molecule has 5 heteroatoms. The van der Waals surface area contributed by atoms with Crippen molar-refractivity contribution in [2.75, 3.05) is 18.6 Å². The van der Waals surface area contributed by atoms with Gasteiger partial charge in [-0.3, -0.25) is 9.00 Å². The first-order valence-corrected chi connectivity index (χ1v) is 7.37. The lowest BCUT2D eigenvalue weighted by molar-refractivity contribution is -0.123. The normalized spacial score (nSPS) is 13.3. The van der Waals surface area contributed by atoms with Crippen LogP contribution >= 0.6 is 0 Å². The van der Waals surface area contributed by atoms with Crippen LogP contribution in [0.3, 0.4) is 0 Å². The molecule has 0 aliphatic carbocycles. The number of carbonyl (C=O) groups excluding carboxylic acids is 1. The summed E-state index contributed by atoms with van der Waals surface area (Å²) >= 11 is 0. The van der Waals surface area contributed by atoms with Crippen molar-refractivity contribution in [3.63, 3.8) is 0 Å². The molecule has 0 aliphatic rings. The SMILES string of the molecule is CS(=O)CCNC(=O)C(C#N)Cc1ccccc1. The molecular formula is C13H16N2O2S. The summed E-state index contributed by atoms with van der Waals surface area (Å²) in [4.78, 5) is 11.7. The lowest BCUT2D eigenvalue weighted by Crippen LogP contribution is -2.33. The van der Waals surface area contributed by atoms with Crippen LogP contribution in [0.4, 0.5) is 0 Å². The van der Waals surface area contributed by atoms with E-state index in [1.807, 2.05) is 36.4 Å². The summed E-state index contributed by atoms with van der Waals surface area (Å²) in [7, 11) is -0.933. The number of hydrogen-bond donors (Lipinski definition) is 1. The monoisotopic (exact) mass is 264 g/mol. The highest BCUT2D eigenvalue weighted by atomic mass is 32.2. The Labute approximate surface area is 109 Å². The third kappa shape index (κ3) is 5.11. The molecule has 0 aliphatic heterocycles. The van der Waals surface area contributed by atoms with E-state index in [0.717, 1.165) is 5.56 Å². The Morgan fingerprint density at radius 3 is 2.67 bits per heavy atom. The van der Waals surface area contributed by atoms with Gasteiger partial charge in [0.15, 0.2) is 0 Å². The first kappa shape index (κ1) is 14.4. The van der Waals surface area contributed by atoms with Gasteiger partial charge in [-0.25, -0.2) is 0 Å². The Kier molecular flexibility index (Phi) is 6.09. The first-order chi connectivity index (χ1) is 8.63. The average molecular weight is 264 g/mol. The maximum absolute atomic E-state index is 11.7. The molecule has 1 rings (SSSR count). The largest absolute Gasteiger partial charge is 0.354 e. The number of amides is 1. The summed E-state index contributed by atoms with van der Waals surface area (Å²) in [6.07, 6.45) is 1.98. The Morgan fingerprint density at radius 1 is 1.44 bits per heavy atom. The molecule has 0 bridgehead atoms. The van der Waals surface area contributed by atoms with Gasteiger partial charge in [0, 0.05) is 29.4 Å². The van der Waals surface area contributed by atoms with Crippen molar-refractivity contribution in [1.29, 1.82) is 5.26 Å². The van der Waals surface area contributed by atoms with Crippen LogP contribution in [0.2, 0.25) is 0 Å². The van der Waals surface area contributed by atoms with Crippen molar-refractivity contribution in [2.45, 2.75) is 6.42 Å². The van der Waals surface area contributed by atoms with Gasteiger partial charge in [0.2, 0.25) is 5.91 Å². The molecule has 2 unspecified atom stereocenters. The van der Waals surface area contributed by atoms with E-state index in [4.69, 9.17) is 5.26 Å². The summed E-state index contributed by atoms with van der Waals surface area (Å²) in [5.74, 6) is -0.584. The fourth-order valence-electron chi connectivity index (χ4n) is 1.49. The summed E-state index contributed by atoms with van der Waals surface area (Å²) in [5, 5.41) is 11.6. The molecule has 1 aromatic carbocycles. The molecule has 0 fully saturated rings. The summed E-state index contributed by atoms with van der Waals surface area (Å²) < 4.78 is 10.9. The molecule has 4 nitrogen and oxygen atoms in total. The van der Waals surface area contributed by atoms with Crippen molar-refractivity contribution in [2.24, 2.45) is 5.92 Å². The van der Waals surface area contributed by atoms with Crippen LogP contribution in [-0.4, -0.2) is 28.7 Å². The third-order valence-electron chi connectivity index (χ3n) is 2.44. The smallest absolute Gasteiger partial charge is 0.237 e. The summed E-state index contributed by atoms with van der Waals surface area (Å²) in [6, 6.07) is 11.4. The second kappa shape index (κ2) is 7.62. The van der Waals surface area contributed by atoms with Crippen LogP contribution in [-0.2, 0) is 22.0 Å². The van der Waals surface area contributed by atoms with Crippen molar-refractivity contribution in [3.8, 4) is 6.07 Å². The van der Waals surface area contributed by atoms with Crippen LogP contribution in [0.25, 0.3) is 0 Å². The molecule has 96 valence electrons. The fraction of sp³-hybridized carbons (Fsp3) is 0.385. The minimum atomic E-state index is -0.933. The van der Waals surface area contributed by atoms with Crippen LogP contribution < -0.4 is 5.32 Å². The molecule has 0 heterocycles. The van der Waals surface area contributed by atoms with E-state index in [-0.39, 0.29) is 5.91 Å². The van der Waals surface area contributed by atoms with Gasteiger partial charge >= 0.3 is 0 Å². The van der Waals surface area contributed by atoms with E-state index >= 15 is 0 Å². The molecule has 0 radical (unpaired) electrons. The maximum atomic E-state index is 11.7. The average Bonchev–Trinajstić information content (AvgIpc) is 2.36. The molecule has 1 aromatic rings. The number of rotatable bonds is 6. The number of nitrogens with zero attached hydrogens (tertiary/aromatic N) is 1. The molecule has 0 aromatic heterocycles. The topological polar surface area (TPSA) is 70.0 Å². The van der Waals surface area contributed by atoms with E-state index < -0.39 is 16.7 Å². The number of benzene rings is 1. The van der Waals surface area contributed by atoms with E-state index in [2.05, 4.69) is 5.32 Å². The van der Waals surface area contributed by atoms with Gasteiger partial charge < -0.3 is 5.32 Å². The van der Waals surface area contributed by atoms with Gasteiger partial charge in [-0.1, -0.05) is 30.3 Å². The molecule has 0 saturated carbocycles. The van der Waals surface area contributed by atoms with Gasteiger partial charge in [0.25, 0.3) is 0 Å². The predicted molar refractivity (Wildman–Crippen MR) is 71.2 cm³/mol. The van der Waals surface area contributed by atoms with Crippen LogP contribution in [0.15, 0.2) is 30.3 Å². The highest BCUT2D eigenvalue weighted by molar-refractivity contribution is 7.84. The minimum Gasteiger partial charge on any atom is -0.354 e. The zero-order valence-corrected chi connectivity index (χ0v) is 11.1. The van der Waals surface area contributed by atoms with Crippen molar-refractivity contribution < 1.29 is 9.00 Å². The van der Waals surface area contributed by atoms with E-state index in [1.165, 1.54) is 0 Å². The quantitative estimate of drug-likeness (QED) is 0.828.